The molecule has 2 aromatic carbocycles. The van der Waals surface area contributed by atoms with E-state index >= 15 is 0 Å². The fourth-order valence-electron chi connectivity index (χ4n) is 2.15. The number of halogens is 1. The van der Waals surface area contributed by atoms with E-state index in [0.717, 1.165) is 11.3 Å². The molecule has 0 saturated heterocycles. The first kappa shape index (κ1) is 16.4. The van der Waals surface area contributed by atoms with Crippen LogP contribution in [0.5, 0.6) is 0 Å². The number of thiocarbonyl (C=S) groups is 1. The third-order valence-corrected chi connectivity index (χ3v) is 3.74. The molecule has 0 aliphatic rings. The molecule has 3 rings (SSSR count). The van der Waals surface area contributed by atoms with Crippen molar-refractivity contribution in [2.75, 3.05) is 10.6 Å². The van der Waals surface area contributed by atoms with Gasteiger partial charge >= 0.3 is 0 Å². The Morgan fingerprint density at radius 3 is 2.71 bits per heavy atom. The summed E-state index contributed by atoms with van der Waals surface area (Å²) in [6.45, 7) is 2.63. The summed E-state index contributed by atoms with van der Waals surface area (Å²) in [5.41, 5.74) is 3.16. The molecule has 0 aliphatic carbocycles. The Kier molecular flexibility index (Phi) is 5.08. The molecule has 2 N–H and O–H groups in total. The third-order valence-electron chi connectivity index (χ3n) is 3.30. The highest BCUT2D eigenvalue weighted by molar-refractivity contribution is 7.80. The van der Waals surface area contributed by atoms with Crippen molar-refractivity contribution in [1.29, 1.82) is 0 Å². The van der Waals surface area contributed by atoms with Gasteiger partial charge in [-0.2, -0.15) is 0 Å². The summed E-state index contributed by atoms with van der Waals surface area (Å²) in [5.74, 6) is 0.446. The molecule has 0 aliphatic heterocycles. The Labute approximate surface area is 150 Å². The number of hydrogen-bond acceptors (Lipinski definition) is 3. The maximum atomic E-state index is 5.99. The fraction of sp³-hybridized carbons (Fsp3) is 0.118. The van der Waals surface area contributed by atoms with E-state index in [-0.39, 0.29) is 0 Å². The van der Waals surface area contributed by atoms with E-state index in [4.69, 9.17) is 23.8 Å². The Morgan fingerprint density at radius 1 is 1.17 bits per heavy atom. The van der Waals surface area contributed by atoms with Crippen molar-refractivity contribution in [2.45, 2.75) is 13.5 Å². The SMILES string of the molecule is Cc1ccc(NC(=S)Nc2ncn(Cc3cccc(Cl)c3)n2)cc1. The van der Waals surface area contributed by atoms with Crippen LogP contribution in [0.15, 0.2) is 54.9 Å². The monoisotopic (exact) mass is 357 g/mol. The molecule has 5 nitrogen and oxygen atoms in total. The molecular weight excluding hydrogens is 342 g/mol. The molecule has 0 saturated carbocycles. The third kappa shape index (κ3) is 4.53. The van der Waals surface area contributed by atoms with E-state index in [1.54, 1.807) is 11.0 Å². The minimum absolute atomic E-state index is 0.444. The van der Waals surface area contributed by atoms with Crippen LogP contribution in [-0.2, 0) is 6.54 Å². The molecule has 0 unspecified atom stereocenters. The summed E-state index contributed by atoms with van der Waals surface area (Å²) in [7, 11) is 0. The maximum absolute atomic E-state index is 5.99. The molecule has 0 fully saturated rings. The minimum Gasteiger partial charge on any atom is -0.332 e. The average Bonchev–Trinajstić information content (AvgIpc) is 2.96. The van der Waals surface area contributed by atoms with Gasteiger partial charge in [0.05, 0.1) is 6.54 Å². The highest BCUT2D eigenvalue weighted by Gasteiger charge is 2.05. The number of rotatable bonds is 4. The van der Waals surface area contributed by atoms with Gasteiger partial charge in [-0.1, -0.05) is 41.4 Å². The first-order valence-corrected chi connectivity index (χ1v) is 8.16. The van der Waals surface area contributed by atoms with Crippen molar-refractivity contribution >= 4 is 40.6 Å². The quantitative estimate of drug-likeness (QED) is 0.688. The van der Waals surface area contributed by atoms with Crippen LogP contribution in [0.25, 0.3) is 0 Å². The number of hydrogen-bond donors (Lipinski definition) is 2. The van der Waals surface area contributed by atoms with Crippen LogP contribution in [0.2, 0.25) is 5.02 Å². The normalized spacial score (nSPS) is 10.4. The van der Waals surface area contributed by atoms with Gasteiger partial charge in [0, 0.05) is 10.7 Å². The van der Waals surface area contributed by atoms with Crippen molar-refractivity contribution in [3.8, 4) is 0 Å². The van der Waals surface area contributed by atoms with Gasteiger partial charge in [0.2, 0.25) is 5.95 Å². The van der Waals surface area contributed by atoms with Crippen molar-refractivity contribution in [2.24, 2.45) is 0 Å². The van der Waals surface area contributed by atoms with E-state index in [2.05, 4.69) is 20.7 Å². The molecule has 0 spiro atoms. The van der Waals surface area contributed by atoms with Crippen LogP contribution in [-0.4, -0.2) is 19.9 Å². The first-order chi connectivity index (χ1) is 11.6. The van der Waals surface area contributed by atoms with Crippen LogP contribution in [0.3, 0.4) is 0 Å². The van der Waals surface area contributed by atoms with E-state index in [9.17, 15) is 0 Å². The predicted molar refractivity (Wildman–Crippen MR) is 102 cm³/mol. The van der Waals surface area contributed by atoms with Crippen LogP contribution < -0.4 is 10.6 Å². The van der Waals surface area contributed by atoms with E-state index in [1.165, 1.54) is 5.56 Å². The lowest BCUT2D eigenvalue weighted by Gasteiger charge is -2.08. The lowest BCUT2D eigenvalue weighted by atomic mass is 10.2. The zero-order valence-electron chi connectivity index (χ0n) is 13.0. The number of anilines is 2. The van der Waals surface area contributed by atoms with Crippen LogP contribution in [0.4, 0.5) is 11.6 Å². The minimum atomic E-state index is 0.444. The molecule has 1 aromatic heterocycles. The van der Waals surface area contributed by atoms with Crippen molar-refractivity contribution in [3.05, 3.63) is 71.0 Å². The standard InChI is InChI=1S/C17H16ClN5S/c1-12-5-7-15(8-6-12)20-17(24)21-16-19-11-23(22-16)10-13-3-2-4-14(18)9-13/h2-9,11H,10H2,1H3,(H2,20,21,22,24). The van der Waals surface area contributed by atoms with Gasteiger partial charge in [-0.3, -0.25) is 5.32 Å². The van der Waals surface area contributed by atoms with Gasteiger partial charge in [0.25, 0.3) is 0 Å². The van der Waals surface area contributed by atoms with Crippen LogP contribution in [0, 0.1) is 6.92 Å². The number of benzene rings is 2. The second kappa shape index (κ2) is 7.42. The summed E-state index contributed by atoms with van der Waals surface area (Å²) < 4.78 is 1.72. The summed E-state index contributed by atoms with van der Waals surface area (Å²) in [5, 5.41) is 11.6. The van der Waals surface area contributed by atoms with Gasteiger partial charge in [-0.25, -0.2) is 9.67 Å². The number of nitrogens with one attached hydrogen (secondary N) is 2. The Hall–Kier alpha value is -2.44. The molecule has 122 valence electrons. The van der Waals surface area contributed by atoms with Crippen molar-refractivity contribution in [3.63, 3.8) is 0 Å². The molecule has 0 radical (unpaired) electrons. The number of aryl methyl sites for hydroxylation is 1. The summed E-state index contributed by atoms with van der Waals surface area (Å²) in [4.78, 5) is 4.21. The fourth-order valence-corrected chi connectivity index (χ4v) is 2.57. The highest BCUT2D eigenvalue weighted by atomic mass is 35.5. The molecule has 3 aromatic rings. The second-order valence-corrected chi connectivity index (χ2v) is 6.19. The topological polar surface area (TPSA) is 54.8 Å². The molecule has 1 heterocycles. The Balaban J connectivity index is 1.59. The van der Waals surface area contributed by atoms with Gasteiger partial charge < -0.3 is 5.32 Å². The van der Waals surface area contributed by atoms with Crippen molar-refractivity contribution < 1.29 is 0 Å². The van der Waals surface area contributed by atoms with Crippen LogP contribution in [0.1, 0.15) is 11.1 Å². The lowest BCUT2D eigenvalue weighted by molar-refractivity contribution is 0.687. The van der Waals surface area contributed by atoms with Crippen molar-refractivity contribution in [1.82, 2.24) is 14.8 Å². The zero-order valence-corrected chi connectivity index (χ0v) is 14.6. The largest absolute Gasteiger partial charge is 0.332 e. The first-order valence-electron chi connectivity index (χ1n) is 7.37. The Bertz CT molecular complexity index is 844. The van der Waals surface area contributed by atoms with Gasteiger partial charge in [-0.15, -0.1) is 5.10 Å². The number of nitrogens with zero attached hydrogens (tertiary/aromatic N) is 3. The van der Waals surface area contributed by atoms with Crippen LogP contribution >= 0.6 is 23.8 Å². The molecule has 7 heteroatoms. The smallest absolute Gasteiger partial charge is 0.248 e. The number of aromatic nitrogens is 3. The van der Waals surface area contributed by atoms with E-state index < -0.39 is 0 Å². The highest BCUT2D eigenvalue weighted by Crippen LogP contribution is 2.12. The van der Waals surface area contributed by atoms with E-state index in [1.807, 2.05) is 55.5 Å². The molecule has 24 heavy (non-hydrogen) atoms. The van der Waals surface area contributed by atoms with E-state index in [0.29, 0.717) is 22.6 Å². The lowest BCUT2D eigenvalue weighted by Crippen LogP contribution is -2.20. The van der Waals surface area contributed by atoms with Gasteiger partial charge in [0.1, 0.15) is 6.33 Å². The molecule has 0 atom stereocenters. The molecule has 0 bridgehead atoms. The summed E-state index contributed by atoms with van der Waals surface area (Å²) >= 11 is 11.3. The van der Waals surface area contributed by atoms with Gasteiger partial charge in [-0.05, 0) is 49.0 Å². The molecule has 0 amide bonds. The predicted octanol–water partition coefficient (Wildman–Crippen LogP) is 4.10. The Morgan fingerprint density at radius 2 is 1.96 bits per heavy atom. The van der Waals surface area contributed by atoms with Gasteiger partial charge in [0.15, 0.2) is 5.11 Å². The summed E-state index contributed by atoms with van der Waals surface area (Å²) in [6.07, 6.45) is 1.65. The zero-order chi connectivity index (χ0) is 16.9. The molecular formula is C17H16ClN5S. The second-order valence-electron chi connectivity index (χ2n) is 5.34. The maximum Gasteiger partial charge on any atom is 0.248 e. The average molecular weight is 358 g/mol. The summed E-state index contributed by atoms with van der Waals surface area (Å²) in [6, 6.07) is 15.6.